The Labute approximate surface area is 123 Å². The van der Waals surface area contributed by atoms with E-state index in [-0.39, 0.29) is 6.03 Å². The third-order valence-corrected chi connectivity index (χ3v) is 3.51. The molecule has 6 nitrogen and oxygen atoms in total. The number of benzene rings is 1. The zero-order valence-electron chi connectivity index (χ0n) is 11.9. The number of urea groups is 1. The number of fused-ring (bicyclic) bond motifs is 1. The number of aromatic nitrogens is 1. The summed E-state index contributed by atoms with van der Waals surface area (Å²) in [6.07, 6.45) is 3.92. The summed E-state index contributed by atoms with van der Waals surface area (Å²) in [5.41, 5.74) is 3.99. The van der Waals surface area contributed by atoms with E-state index in [0.717, 1.165) is 30.0 Å². The van der Waals surface area contributed by atoms with Crippen molar-refractivity contribution in [3.63, 3.8) is 0 Å². The maximum Gasteiger partial charge on any atom is 0.321 e. The zero-order valence-corrected chi connectivity index (χ0v) is 11.9. The van der Waals surface area contributed by atoms with E-state index >= 15 is 0 Å². The maximum absolute atomic E-state index is 12.0. The average Bonchev–Trinajstić information content (AvgIpc) is 3.14. The van der Waals surface area contributed by atoms with Crippen LogP contribution in [0.1, 0.15) is 18.2 Å². The lowest BCUT2D eigenvalue weighted by Crippen LogP contribution is -2.38. The van der Waals surface area contributed by atoms with Gasteiger partial charge < -0.3 is 15.1 Å². The lowest BCUT2D eigenvalue weighted by molar-refractivity contribution is 0.247. The maximum atomic E-state index is 12.0. The predicted molar refractivity (Wildman–Crippen MR) is 80.4 cm³/mol. The molecule has 0 saturated heterocycles. The van der Waals surface area contributed by atoms with Crippen molar-refractivity contribution in [3.8, 4) is 0 Å². The molecule has 0 atom stereocenters. The van der Waals surface area contributed by atoms with Crippen LogP contribution in [0.2, 0.25) is 0 Å². The zero-order chi connectivity index (χ0) is 14.7. The minimum Gasteiger partial charge on any atom is -0.451 e. The molecule has 0 unspecified atom stereocenters. The van der Waals surface area contributed by atoms with E-state index in [9.17, 15) is 4.79 Å². The van der Waals surface area contributed by atoms with Gasteiger partial charge in [0, 0.05) is 18.8 Å². The van der Waals surface area contributed by atoms with Gasteiger partial charge in [0.05, 0.1) is 17.9 Å². The molecule has 6 heteroatoms. The molecule has 2 heterocycles. The fourth-order valence-corrected chi connectivity index (χ4v) is 2.46. The molecule has 3 rings (SSSR count). The number of nitrogens with zero attached hydrogens (tertiary/aromatic N) is 2. The Kier molecular flexibility index (Phi) is 3.77. The van der Waals surface area contributed by atoms with Gasteiger partial charge in [-0.05, 0) is 31.0 Å². The molecule has 0 bridgehead atoms. The molecule has 2 aromatic rings. The SMILES string of the molecule is CCNC(=O)N1CCc2ccc(NCc3cocn3)cc21. The van der Waals surface area contributed by atoms with Crippen LogP contribution in [0.4, 0.5) is 16.2 Å². The average molecular weight is 286 g/mol. The van der Waals surface area contributed by atoms with Crippen molar-refractivity contribution >= 4 is 17.4 Å². The van der Waals surface area contributed by atoms with Gasteiger partial charge in [-0.15, -0.1) is 0 Å². The van der Waals surface area contributed by atoms with Gasteiger partial charge in [-0.3, -0.25) is 4.90 Å². The molecule has 2 N–H and O–H groups in total. The Balaban J connectivity index is 1.74. The van der Waals surface area contributed by atoms with E-state index in [1.807, 2.05) is 19.1 Å². The van der Waals surface area contributed by atoms with Crippen molar-refractivity contribution in [1.82, 2.24) is 10.3 Å². The summed E-state index contributed by atoms with van der Waals surface area (Å²) in [5.74, 6) is 0. The van der Waals surface area contributed by atoms with E-state index in [0.29, 0.717) is 13.1 Å². The van der Waals surface area contributed by atoms with Crippen LogP contribution in [0.5, 0.6) is 0 Å². The Morgan fingerprint density at radius 1 is 1.48 bits per heavy atom. The molecule has 1 aromatic carbocycles. The topological polar surface area (TPSA) is 70.4 Å². The minimum atomic E-state index is -0.0371. The van der Waals surface area contributed by atoms with Crippen LogP contribution in [0.3, 0.4) is 0 Å². The van der Waals surface area contributed by atoms with E-state index < -0.39 is 0 Å². The van der Waals surface area contributed by atoms with E-state index in [1.54, 1.807) is 11.2 Å². The quantitative estimate of drug-likeness (QED) is 0.905. The molecule has 2 amide bonds. The Morgan fingerprint density at radius 2 is 2.38 bits per heavy atom. The van der Waals surface area contributed by atoms with Crippen molar-refractivity contribution < 1.29 is 9.21 Å². The van der Waals surface area contributed by atoms with Gasteiger partial charge in [-0.1, -0.05) is 6.07 Å². The van der Waals surface area contributed by atoms with Crippen LogP contribution in [0.15, 0.2) is 35.3 Å². The van der Waals surface area contributed by atoms with Crippen LogP contribution in [0, 0.1) is 0 Å². The van der Waals surface area contributed by atoms with Gasteiger partial charge in [0.1, 0.15) is 6.26 Å². The van der Waals surface area contributed by atoms with Gasteiger partial charge in [0.15, 0.2) is 6.39 Å². The molecule has 1 aliphatic rings. The number of rotatable bonds is 4. The Hall–Kier alpha value is -2.50. The van der Waals surface area contributed by atoms with Crippen molar-refractivity contribution in [2.24, 2.45) is 0 Å². The normalized spacial score (nSPS) is 13.1. The second kappa shape index (κ2) is 5.87. The van der Waals surface area contributed by atoms with E-state index in [1.165, 1.54) is 12.0 Å². The van der Waals surface area contributed by atoms with Crippen LogP contribution in [-0.2, 0) is 13.0 Å². The highest BCUT2D eigenvalue weighted by Gasteiger charge is 2.24. The monoisotopic (exact) mass is 286 g/mol. The van der Waals surface area contributed by atoms with Crippen LogP contribution >= 0.6 is 0 Å². The molecule has 110 valence electrons. The number of nitrogens with one attached hydrogen (secondary N) is 2. The summed E-state index contributed by atoms with van der Waals surface area (Å²) in [5, 5.41) is 6.13. The highest BCUT2D eigenvalue weighted by atomic mass is 16.3. The third kappa shape index (κ3) is 2.84. The first-order chi connectivity index (χ1) is 10.3. The number of amides is 2. The largest absolute Gasteiger partial charge is 0.451 e. The first-order valence-corrected chi connectivity index (χ1v) is 7.07. The predicted octanol–water partition coefficient (Wildman–Crippen LogP) is 2.38. The first-order valence-electron chi connectivity index (χ1n) is 7.07. The lowest BCUT2D eigenvalue weighted by atomic mass is 10.1. The molecule has 1 aromatic heterocycles. The number of oxazole rings is 1. The molecule has 0 spiro atoms. The van der Waals surface area contributed by atoms with Gasteiger partial charge in [-0.2, -0.15) is 0 Å². The van der Waals surface area contributed by atoms with Crippen LogP contribution in [-0.4, -0.2) is 24.1 Å². The van der Waals surface area contributed by atoms with E-state index in [4.69, 9.17) is 4.42 Å². The fourth-order valence-electron chi connectivity index (χ4n) is 2.46. The van der Waals surface area contributed by atoms with Gasteiger partial charge in [0.25, 0.3) is 0 Å². The number of hydrogen-bond donors (Lipinski definition) is 2. The summed E-state index contributed by atoms with van der Waals surface area (Å²) < 4.78 is 4.94. The number of anilines is 2. The second-order valence-electron chi connectivity index (χ2n) is 4.91. The standard InChI is InChI=1S/C15H18N4O2/c1-2-16-15(20)19-6-5-11-3-4-12(7-14(11)19)17-8-13-9-21-10-18-13/h3-4,7,9-10,17H,2,5-6,8H2,1H3,(H,16,20). The van der Waals surface area contributed by atoms with Gasteiger partial charge in [-0.25, -0.2) is 9.78 Å². The smallest absolute Gasteiger partial charge is 0.321 e. The number of carbonyl (C=O) groups excluding carboxylic acids is 1. The third-order valence-electron chi connectivity index (χ3n) is 3.51. The summed E-state index contributed by atoms with van der Waals surface area (Å²) >= 11 is 0. The summed E-state index contributed by atoms with van der Waals surface area (Å²) in [4.78, 5) is 17.9. The summed E-state index contributed by atoms with van der Waals surface area (Å²) in [7, 11) is 0. The Morgan fingerprint density at radius 3 is 3.14 bits per heavy atom. The molecule has 21 heavy (non-hydrogen) atoms. The van der Waals surface area contributed by atoms with Crippen molar-refractivity contribution in [1.29, 1.82) is 0 Å². The van der Waals surface area contributed by atoms with Crippen molar-refractivity contribution in [2.45, 2.75) is 19.9 Å². The molecule has 0 aliphatic carbocycles. The number of carbonyl (C=O) groups is 1. The van der Waals surface area contributed by atoms with Crippen LogP contribution in [0.25, 0.3) is 0 Å². The highest BCUT2D eigenvalue weighted by Crippen LogP contribution is 2.31. The van der Waals surface area contributed by atoms with Crippen molar-refractivity contribution in [2.75, 3.05) is 23.3 Å². The highest BCUT2D eigenvalue weighted by molar-refractivity contribution is 5.94. The second-order valence-corrected chi connectivity index (χ2v) is 4.91. The first kappa shape index (κ1) is 13.5. The molecular weight excluding hydrogens is 268 g/mol. The molecule has 1 aliphatic heterocycles. The summed E-state index contributed by atoms with van der Waals surface area (Å²) in [6.45, 7) is 3.88. The molecule has 0 saturated carbocycles. The Bertz CT molecular complexity index is 625. The lowest BCUT2D eigenvalue weighted by Gasteiger charge is -2.18. The van der Waals surface area contributed by atoms with Crippen LogP contribution < -0.4 is 15.5 Å². The van der Waals surface area contributed by atoms with Gasteiger partial charge >= 0.3 is 6.03 Å². The summed E-state index contributed by atoms with van der Waals surface area (Å²) in [6, 6.07) is 6.07. The fraction of sp³-hybridized carbons (Fsp3) is 0.333. The molecule has 0 fully saturated rings. The van der Waals surface area contributed by atoms with Gasteiger partial charge in [0.2, 0.25) is 0 Å². The van der Waals surface area contributed by atoms with Crippen molar-refractivity contribution in [3.05, 3.63) is 42.1 Å². The van der Waals surface area contributed by atoms with E-state index in [2.05, 4.69) is 21.7 Å². The minimum absolute atomic E-state index is 0.0371. The number of hydrogen-bond acceptors (Lipinski definition) is 4. The molecular formula is C15H18N4O2. The molecule has 0 radical (unpaired) electrons.